The zero-order valence-electron chi connectivity index (χ0n) is 22.0. The lowest BCUT2D eigenvalue weighted by Crippen LogP contribution is -2.39. The maximum absolute atomic E-state index is 14.9. The zero-order chi connectivity index (χ0) is 26.0. The third-order valence-electron chi connectivity index (χ3n) is 7.58. The summed E-state index contributed by atoms with van der Waals surface area (Å²) in [6, 6.07) is 4.59. The quantitative estimate of drug-likeness (QED) is 0.273. The van der Waals surface area contributed by atoms with Gasteiger partial charge in [0.1, 0.15) is 11.3 Å². The van der Waals surface area contributed by atoms with Gasteiger partial charge in [-0.15, -0.1) is 0 Å². The van der Waals surface area contributed by atoms with Crippen LogP contribution in [0.1, 0.15) is 51.5 Å². The second kappa shape index (κ2) is 10.5. The van der Waals surface area contributed by atoms with Gasteiger partial charge in [0, 0.05) is 46.8 Å². The molecule has 1 aliphatic rings. The molecule has 9 heteroatoms. The van der Waals surface area contributed by atoms with Gasteiger partial charge in [-0.2, -0.15) is 10.1 Å². The number of aromatic amines is 1. The Labute approximate surface area is 217 Å². The number of alkyl halides is 1. The van der Waals surface area contributed by atoms with Crippen molar-refractivity contribution in [3.05, 3.63) is 49.1 Å². The van der Waals surface area contributed by atoms with E-state index < -0.39 is 5.67 Å². The predicted octanol–water partition coefficient (Wildman–Crippen LogP) is 5.26. The van der Waals surface area contributed by atoms with Crippen LogP contribution in [0.4, 0.5) is 10.3 Å². The van der Waals surface area contributed by atoms with Gasteiger partial charge in [0.25, 0.3) is 0 Å². The van der Waals surface area contributed by atoms with Crippen LogP contribution in [-0.4, -0.2) is 67.9 Å². The number of nitrogens with zero attached hydrogens (tertiary/aromatic N) is 5. The second-order valence-corrected chi connectivity index (χ2v) is 10.3. The number of anilines is 1. The molecule has 1 atom stereocenters. The van der Waals surface area contributed by atoms with Crippen LogP contribution in [0.15, 0.2) is 43.5 Å². The molecule has 3 N–H and O–H groups in total. The minimum absolute atomic E-state index is 0.201. The fourth-order valence-corrected chi connectivity index (χ4v) is 5.16. The van der Waals surface area contributed by atoms with Crippen molar-refractivity contribution in [1.29, 1.82) is 0 Å². The first-order chi connectivity index (χ1) is 17.9. The van der Waals surface area contributed by atoms with E-state index in [1.165, 1.54) is 0 Å². The molecule has 1 saturated heterocycles. The van der Waals surface area contributed by atoms with Gasteiger partial charge >= 0.3 is 0 Å². The van der Waals surface area contributed by atoms with Crippen LogP contribution in [0.5, 0.6) is 0 Å². The molecule has 0 radical (unpaired) electrons. The number of halogens is 1. The van der Waals surface area contributed by atoms with Crippen molar-refractivity contribution >= 4 is 28.2 Å². The first kappa shape index (κ1) is 25.2. The molecular weight excluding hydrogens is 467 g/mol. The second-order valence-electron chi connectivity index (χ2n) is 10.3. The first-order valence-electron chi connectivity index (χ1n) is 13.3. The van der Waals surface area contributed by atoms with E-state index in [-0.39, 0.29) is 6.54 Å². The molecule has 4 aromatic rings. The topological polar surface area (TPSA) is 86.2 Å². The maximum atomic E-state index is 14.9. The predicted molar refractivity (Wildman–Crippen MR) is 148 cm³/mol. The van der Waals surface area contributed by atoms with E-state index in [0.717, 1.165) is 65.6 Å². The summed E-state index contributed by atoms with van der Waals surface area (Å²) in [6.45, 7) is 10.6. The SMILES string of the molecule is C=C(NC1CCN(C)CC1)c1cnn2ccc(-c3c[nH]c4nc(NCC(F)(CC)CCC)ncc34)cc12. The Hall–Kier alpha value is -3.46. The largest absolute Gasteiger partial charge is 0.382 e. The number of H-pyrrole nitrogens is 1. The van der Waals surface area contributed by atoms with Crippen molar-refractivity contribution in [3.63, 3.8) is 0 Å². The number of pyridine rings is 1. The minimum Gasteiger partial charge on any atom is -0.382 e. The van der Waals surface area contributed by atoms with Crippen LogP contribution < -0.4 is 10.6 Å². The smallest absolute Gasteiger partial charge is 0.224 e. The molecule has 0 saturated carbocycles. The molecule has 5 heterocycles. The Balaban J connectivity index is 1.36. The van der Waals surface area contributed by atoms with Crippen LogP contribution in [0, 0.1) is 0 Å². The molecule has 0 aliphatic carbocycles. The molecule has 4 aromatic heterocycles. The maximum Gasteiger partial charge on any atom is 0.224 e. The van der Waals surface area contributed by atoms with Gasteiger partial charge in [-0.3, -0.25) is 0 Å². The average molecular weight is 505 g/mol. The molecule has 8 nitrogen and oxygen atoms in total. The number of hydrogen-bond donors (Lipinski definition) is 3. The number of piperidine rings is 1. The highest BCUT2D eigenvalue weighted by molar-refractivity contribution is 5.94. The Kier molecular flexibility index (Phi) is 7.15. The third kappa shape index (κ3) is 5.32. The summed E-state index contributed by atoms with van der Waals surface area (Å²) in [5.74, 6) is 0.428. The number of aromatic nitrogens is 5. The highest BCUT2D eigenvalue weighted by Gasteiger charge is 2.26. The van der Waals surface area contributed by atoms with Gasteiger partial charge in [-0.25, -0.2) is 13.9 Å². The molecule has 1 unspecified atom stereocenters. The van der Waals surface area contributed by atoms with Gasteiger partial charge in [0.05, 0.1) is 18.3 Å². The average Bonchev–Trinajstić information content (AvgIpc) is 3.52. The molecule has 5 rings (SSSR count). The first-order valence-corrected chi connectivity index (χ1v) is 13.3. The minimum atomic E-state index is -1.25. The number of nitrogens with one attached hydrogen (secondary N) is 3. The van der Waals surface area contributed by atoms with Crippen molar-refractivity contribution in [2.45, 2.75) is 57.7 Å². The Morgan fingerprint density at radius 3 is 2.84 bits per heavy atom. The highest BCUT2D eigenvalue weighted by atomic mass is 19.1. The lowest BCUT2D eigenvalue weighted by Gasteiger charge is -2.30. The molecule has 1 fully saturated rings. The van der Waals surface area contributed by atoms with E-state index in [1.54, 1.807) is 6.20 Å². The van der Waals surface area contributed by atoms with Crippen LogP contribution in [0.2, 0.25) is 0 Å². The van der Waals surface area contributed by atoms with Crippen molar-refractivity contribution in [1.82, 2.24) is 34.8 Å². The summed E-state index contributed by atoms with van der Waals surface area (Å²) in [4.78, 5) is 14.7. The van der Waals surface area contributed by atoms with Crippen LogP contribution >= 0.6 is 0 Å². The van der Waals surface area contributed by atoms with E-state index in [2.05, 4.69) is 55.3 Å². The van der Waals surface area contributed by atoms with Crippen molar-refractivity contribution in [2.75, 3.05) is 32.0 Å². The number of fused-ring (bicyclic) bond motifs is 2. The standard InChI is InChI=1S/C28H37FN8/c1-5-10-28(29,6-2)18-32-27-31-16-24-23(15-30-26(24)35-27)20-7-13-37-25(14-20)22(17-33-37)19(3)34-21-8-11-36(4)12-9-21/h7,13-17,21,34H,3,5-6,8-12,18H2,1-2,4H3,(H2,30,31,32,35). The fraction of sp³-hybridized carbons (Fsp3) is 0.464. The summed E-state index contributed by atoms with van der Waals surface area (Å²) in [7, 11) is 2.17. The molecule has 37 heavy (non-hydrogen) atoms. The van der Waals surface area contributed by atoms with E-state index in [0.29, 0.717) is 30.5 Å². The van der Waals surface area contributed by atoms with E-state index in [1.807, 2.05) is 43.0 Å². The molecule has 196 valence electrons. The number of rotatable bonds is 10. The summed E-state index contributed by atoms with van der Waals surface area (Å²) in [5.41, 5.74) is 4.40. The molecule has 1 aliphatic heterocycles. The van der Waals surface area contributed by atoms with Crippen LogP contribution in [-0.2, 0) is 0 Å². The van der Waals surface area contributed by atoms with Crippen molar-refractivity contribution < 1.29 is 4.39 Å². The van der Waals surface area contributed by atoms with Gasteiger partial charge in [0.2, 0.25) is 5.95 Å². The van der Waals surface area contributed by atoms with Gasteiger partial charge < -0.3 is 20.5 Å². The van der Waals surface area contributed by atoms with Crippen molar-refractivity contribution in [2.24, 2.45) is 0 Å². The lowest BCUT2D eigenvalue weighted by molar-refractivity contribution is 0.158. The fourth-order valence-electron chi connectivity index (χ4n) is 5.16. The number of hydrogen-bond acceptors (Lipinski definition) is 6. The molecule has 0 spiro atoms. The normalized spacial score (nSPS) is 16.8. The summed E-state index contributed by atoms with van der Waals surface area (Å²) in [5, 5.41) is 12.2. The molecule has 0 aromatic carbocycles. The van der Waals surface area contributed by atoms with Gasteiger partial charge in [0.15, 0.2) is 0 Å². The molecule has 0 bridgehead atoms. The molecular formula is C28H37FN8. The van der Waals surface area contributed by atoms with E-state index in [4.69, 9.17) is 0 Å². The molecule has 0 amide bonds. The monoisotopic (exact) mass is 504 g/mol. The summed E-state index contributed by atoms with van der Waals surface area (Å²) in [6.07, 6.45) is 11.6. The van der Waals surface area contributed by atoms with Crippen molar-refractivity contribution in [3.8, 4) is 11.1 Å². The van der Waals surface area contributed by atoms with Gasteiger partial charge in [-0.1, -0.05) is 26.8 Å². The number of likely N-dealkylation sites (tertiary alicyclic amines) is 1. The zero-order valence-corrected chi connectivity index (χ0v) is 22.0. The summed E-state index contributed by atoms with van der Waals surface area (Å²) >= 11 is 0. The Bertz CT molecular complexity index is 1380. The third-order valence-corrected chi connectivity index (χ3v) is 7.58. The van der Waals surface area contributed by atoms with Crippen LogP contribution in [0.25, 0.3) is 33.4 Å². The van der Waals surface area contributed by atoms with E-state index >= 15 is 0 Å². The Morgan fingerprint density at radius 1 is 1.27 bits per heavy atom. The Morgan fingerprint density at radius 2 is 2.08 bits per heavy atom. The van der Waals surface area contributed by atoms with E-state index in [9.17, 15) is 4.39 Å². The highest BCUT2D eigenvalue weighted by Crippen LogP contribution is 2.31. The summed E-state index contributed by atoms with van der Waals surface area (Å²) < 4.78 is 16.8. The van der Waals surface area contributed by atoms with Crippen LogP contribution in [0.3, 0.4) is 0 Å². The van der Waals surface area contributed by atoms with Gasteiger partial charge in [-0.05, 0) is 63.5 Å². The lowest BCUT2D eigenvalue weighted by atomic mass is 9.97.